The monoisotopic (exact) mass is 233 g/mol. The van der Waals surface area contributed by atoms with Gasteiger partial charge in [-0.05, 0) is 37.3 Å². The maximum Gasteiger partial charge on any atom is 0.128 e. The highest BCUT2D eigenvalue weighted by Gasteiger charge is 2.30. The van der Waals surface area contributed by atoms with Crippen molar-refractivity contribution in [3.63, 3.8) is 0 Å². The van der Waals surface area contributed by atoms with Gasteiger partial charge in [-0.15, -0.1) is 0 Å². The third kappa shape index (κ3) is 3.19. The van der Waals surface area contributed by atoms with Crippen LogP contribution in [0.4, 0.5) is 5.82 Å². The molecule has 0 radical (unpaired) electrons. The maximum absolute atomic E-state index is 5.84. The summed E-state index contributed by atoms with van der Waals surface area (Å²) in [7, 11) is 0. The summed E-state index contributed by atoms with van der Waals surface area (Å²) in [6, 6.07) is 4.99. The fourth-order valence-corrected chi connectivity index (χ4v) is 2.05. The molecular formula is C14H23N3. The summed E-state index contributed by atoms with van der Waals surface area (Å²) in [5.74, 6) is 1.77. The first-order chi connectivity index (χ1) is 8.08. The molecule has 0 amide bonds. The van der Waals surface area contributed by atoms with Crippen LogP contribution in [0.25, 0.3) is 0 Å². The summed E-state index contributed by atoms with van der Waals surface area (Å²) in [6.45, 7) is 7.59. The van der Waals surface area contributed by atoms with Crippen molar-refractivity contribution in [3.8, 4) is 0 Å². The molecule has 0 bridgehead atoms. The number of aromatic nitrogens is 1. The van der Waals surface area contributed by atoms with Crippen LogP contribution in [0.5, 0.6) is 0 Å². The first-order valence-electron chi connectivity index (χ1n) is 6.56. The van der Waals surface area contributed by atoms with Gasteiger partial charge in [0.25, 0.3) is 0 Å². The van der Waals surface area contributed by atoms with E-state index in [0.717, 1.165) is 17.9 Å². The second kappa shape index (κ2) is 5.05. The number of hydrogen-bond donors (Lipinski definition) is 1. The smallest absolute Gasteiger partial charge is 0.128 e. The molecule has 1 aliphatic carbocycles. The summed E-state index contributed by atoms with van der Waals surface area (Å²) in [6.07, 6.45) is 4.53. The lowest BCUT2D eigenvalue weighted by molar-refractivity contribution is 0.602. The topological polar surface area (TPSA) is 42.1 Å². The van der Waals surface area contributed by atoms with E-state index >= 15 is 0 Å². The van der Waals surface area contributed by atoms with Gasteiger partial charge in [0.05, 0.1) is 0 Å². The first-order valence-corrected chi connectivity index (χ1v) is 6.56. The molecular weight excluding hydrogens is 210 g/mol. The Morgan fingerprint density at radius 1 is 1.35 bits per heavy atom. The first kappa shape index (κ1) is 12.4. The maximum atomic E-state index is 5.84. The van der Waals surface area contributed by atoms with Gasteiger partial charge in [0, 0.05) is 24.8 Å². The van der Waals surface area contributed by atoms with Crippen molar-refractivity contribution in [2.45, 2.75) is 45.7 Å². The molecule has 2 rings (SSSR count). The van der Waals surface area contributed by atoms with Crippen LogP contribution in [0.2, 0.25) is 0 Å². The van der Waals surface area contributed by atoms with Crippen LogP contribution >= 0.6 is 0 Å². The Kier molecular flexibility index (Phi) is 3.67. The third-order valence-electron chi connectivity index (χ3n) is 3.14. The number of rotatable bonds is 5. The highest BCUT2D eigenvalue weighted by Crippen LogP contribution is 2.31. The molecule has 94 valence electrons. The molecule has 1 unspecified atom stereocenters. The number of nitrogens with zero attached hydrogens (tertiary/aromatic N) is 2. The van der Waals surface area contributed by atoms with E-state index in [9.17, 15) is 0 Å². The SMILES string of the molecule is CC(C)CN(c1ccc(C(C)N)cn1)C1CC1. The lowest BCUT2D eigenvalue weighted by Gasteiger charge is -2.25. The normalized spacial score (nSPS) is 17.2. The molecule has 1 atom stereocenters. The predicted molar refractivity (Wildman–Crippen MR) is 72.0 cm³/mol. The largest absolute Gasteiger partial charge is 0.353 e. The minimum Gasteiger partial charge on any atom is -0.353 e. The van der Waals surface area contributed by atoms with Gasteiger partial charge in [-0.2, -0.15) is 0 Å². The molecule has 0 aromatic carbocycles. The highest BCUT2D eigenvalue weighted by atomic mass is 15.2. The Hall–Kier alpha value is -1.09. The third-order valence-corrected chi connectivity index (χ3v) is 3.14. The minimum atomic E-state index is 0.0658. The summed E-state index contributed by atoms with van der Waals surface area (Å²) in [4.78, 5) is 7.00. The number of hydrogen-bond acceptors (Lipinski definition) is 3. The van der Waals surface area contributed by atoms with Gasteiger partial charge < -0.3 is 10.6 Å². The van der Waals surface area contributed by atoms with Crippen LogP contribution in [-0.4, -0.2) is 17.6 Å². The van der Waals surface area contributed by atoms with Crippen molar-refractivity contribution >= 4 is 5.82 Å². The van der Waals surface area contributed by atoms with Gasteiger partial charge in [-0.1, -0.05) is 19.9 Å². The zero-order chi connectivity index (χ0) is 12.4. The summed E-state index contributed by atoms with van der Waals surface area (Å²) < 4.78 is 0. The lowest BCUT2D eigenvalue weighted by atomic mass is 10.1. The molecule has 1 heterocycles. The van der Waals surface area contributed by atoms with E-state index in [1.807, 2.05) is 13.1 Å². The van der Waals surface area contributed by atoms with Gasteiger partial charge in [0.15, 0.2) is 0 Å². The molecule has 0 spiro atoms. The average molecular weight is 233 g/mol. The fourth-order valence-electron chi connectivity index (χ4n) is 2.05. The lowest BCUT2D eigenvalue weighted by Crippen LogP contribution is -2.30. The Morgan fingerprint density at radius 3 is 2.47 bits per heavy atom. The van der Waals surface area contributed by atoms with E-state index in [2.05, 4.69) is 35.9 Å². The minimum absolute atomic E-state index is 0.0658. The van der Waals surface area contributed by atoms with Crippen LogP contribution in [0.3, 0.4) is 0 Å². The second-order valence-electron chi connectivity index (χ2n) is 5.52. The van der Waals surface area contributed by atoms with Crippen molar-refractivity contribution in [2.24, 2.45) is 11.7 Å². The van der Waals surface area contributed by atoms with Crippen LogP contribution in [0.15, 0.2) is 18.3 Å². The van der Waals surface area contributed by atoms with E-state index in [-0.39, 0.29) is 6.04 Å². The van der Waals surface area contributed by atoms with Crippen molar-refractivity contribution in [1.82, 2.24) is 4.98 Å². The van der Waals surface area contributed by atoms with Gasteiger partial charge >= 0.3 is 0 Å². The average Bonchev–Trinajstić information content (AvgIpc) is 3.09. The van der Waals surface area contributed by atoms with Crippen molar-refractivity contribution in [2.75, 3.05) is 11.4 Å². The van der Waals surface area contributed by atoms with Crippen molar-refractivity contribution in [1.29, 1.82) is 0 Å². The van der Waals surface area contributed by atoms with Gasteiger partial charge in [-0.3, -0.25) is 0 Å². The van der Waals surface area contributed by atoms with E-state index in [1.165, 1.54) is 12.8 Å². The summed E-state index contributed by atoms with van der Waals surface area (Å²) >= 11 is 0. The number of pyridine rings is 1. The Morgan fingerprint density at radius 2 is 2.06 bits per heavy atom. The van der Waals surface area contributed by atoms with E-state index in [0.29, 0.717) is 12.0 Å². The van der Waals surface area contributed by atoms with Crippen molar-refractivity contribution < 1.29 is 0 Å². The van der Waals surface area contributed by atoms with E-state index in [1.54, 1.807) is 0 Å². The van der Waals surface area contributed by atoms with Crippen LogP contribution in [0.1, 0.15) is 45.2 Å². The zero-order valence-corrected chi connectivity index (χ0v) is 11.1. The van der Waals surface area contributed by atoms with Gasteiger partial charge in [0.2, 0.25) is 0 Å². The van der Waals surface area contributed by atoms with E-state index in [4.69, 9.17) is 5.73 Å². The standard InChI is InChI=1S/C14H23N3/c1-10(2)9-17(13-5-6-13)14-7-4-12(8-16-14)11(3)15/h4,7-8,10-11,13H,5-6,9,15H2,1-3H3. The molecule has 17 heavy (non-hydrogen) atoms. The quantitative estimate of drug-likeness (QED) is 0.850. The molecule has 0 aliphatic heterocycles. The molecule has 1 fully saturated rings. The predicted octanol–water partition coefficient (Wildman–Crippen LogP) is 2.73. The number of nitrogens with two attached hydrogens (primary N) is 1. The van der Waals surface area contributed by atoms with E-state index < -0.39 is 0 Å². The van der Waals surface area contributed by atoms with Crippen LogP contribution in [-0.2, 0) is 0 Å². The summed E-state index contributed by atoms with van der Waals surface area (Å²) in [5, 5.41) is 0. The molecule has 3 heteroatoms. The van der Waals surface area contributed by atoms with Crippen LogP contribution < -0.4 is 10.6 Å². The molecule has 1 aromatic heterocycles. The molecule has 1 aromatic rings. The second-order valence-corrected chi connectivity index (χ2v) is 5.52. The van der Waals surface area contributed by atoms with Gasteiger partial charge in [0.1, 0.15) is 5.82 Å². The molecule has 2 N–H and O–H groups in total. The molecule has 3 nitrogen and oxygen atoms in total. The Bertz CT molecular complexity index is 352. The molecule has 1 saturated carbocycles. The molecule has 0 saturated heterocycles. The van der Waals surface area contributed by atoms with Crippen LogP contribution in [0, 0.1) is 5.92 Å². The van der Waals surface area contributed by atoms with Crippen molar-refractivity contribution in [3.05, 3.63) is 23.9 Å². The Labute approximate surface area is 104 Å². The number of anilines is 1. The Balaban J connectivity index is 2.12. The summed E-state index contributed by atoms with van der Waals surface area (Å²) in [5.41, 5.74) is 6.94. The zero-order valence-electron chi connectivity index (χ0n) is 11.1. The fraction of sp³-hybridized carbons (Fsp3) is 0.643. The van der Waals surface area contributed by atoms with Gasteiger partial charge in [-0.25, -0.2) is 4.98 Å². The highest BCUT2D eigenvalue weighted by molar-refractivity contribution is 5.42. The molecule has 1 aliphatic rings.